The minimum absolute atomic E-state index is 0.264. The molecule has 3 amide bonds. The topological polar surface area (TPSA) is 120 Å². The maximum Gasteiger partial charge on any atom is 0.408 e. The number of nitrogens with one attached hydrogen (secondary N) is 2. The van der Waals surface area contributed by atoms with Gasteiger partial charge in [0.15, 0.2) is 5.82 Å². The van der Waals surface area contributed by atoms with Crippen molar-refractivity contribution < 1.29 is 19.4 Å². The molecule has 0 aliphatic carbocycles. The van der Waals surface area contributed by atoms with E-state index in [1.165, 1.54) is 4.90 Å². The van der Waals surface area contributed by atoms with Crippen LogP contribution in [0.15, 0.2) is 24.3 Å². The van der Waals surface area contributed by atoms with Crippen molar-refractivity contribution in [2.24, 2.45) is 0 Å². The number of fused-ring (bicyclic) bond motifs is 1. The van der Waals surface area contributed by atoms with Crippen molar-refractivity contribution in [3.8, 4) is 11.4 Å². The first-order valence-corrected chi connectivity index (χ1v) is 11.2. The molecular formula is C23H30N6O4. The molecule has 10 heteroatoms. The van der Waals surface area contributed by atoms with Gasteiger partial charge in [0.05, 0.1) is 24.4 Å². The third kappa shape index (κ3) is 4.56. The monoisotopic (exact) mass is 454 g/mol. The van der Waals surface area contributed by atoms with E-state index in [0.717, 1.165) is 35.7 Å². The number of carboxylic acid groups (broad SMARTS) is 1. The number of benzene rings is 1. The second-order valence-electron chi connectivity index (χ2n) is 8.60. The van der Waals surface area contributed by atoms with E-state index in [1.54, 1.807) is 12.1 Å². The van der Waals surface area contributed by atoms with Crippen molar-refractivity contribution in [2.75, 3.05) is 49.6 Å². The maximum absolute atomic E-state index is 11.9. The molecule has 0 atom stereocenters. The van der Waals surface area contributed by atoms with Crippen molar-refractivity contribution in [3.63, 3.8) is 0 Å². The van der Waals surface area contributed by atoms with Crippen molar-refractivity contribution >= 4 is 23.6 Å². The summed E-state index contributed by atoms with van der Waals surface area (Å²) in [6, 6.07) is 7.06. The van der Waals surface area contributed by atoms with Gasteiger partial charge in [0, 0.05) is 43.0 Å². The molecule has 1 saturated heterocycles. The fourth-order valence-corrected chi connectivity index (χ4v) is 4.38. The standard InChI is InChI=1S/C23H30N6O4/c1-4-24-21(30)25-16-7-5-15(6-8-16)19-26-18-17(9-10-29(22(31)32)23(18,2)3)20(27-19)28-11-13-33-14-12-28/h5-8H,4,9-14H2,1-3H3,(H,31,32)(H2,24,25,30). The number of carbonyl (C=O) groups is 2. The van der Waals surface area contributed by atoms with Gasteiger partial charge < -0.3 is 25.4 Å². The van der Waals surface area contributed by atoms with E-state index in [4.69, 9.17) is 14.7 Å². The zero-order valence-corrected chi connectivity index (χ0v) is 19.2. The Kier molecular flexibility index (Phi) is 6.37. The first-order chi connectivity index (χ1) is 15.8. The quantitative estimate of drug-likeness (QED) is 0.650. The maximum atomic E-state index is 11.9. The molecule has 1 fully saturated rings. The van der Waals surface area contributed by atoms with E-state index in [1.807, 2.05) is 32.9 Å². The Morgan fingerprint density at radius 1 is 1.12 bits per heavy atom. The molecule has 33 heavy (non-hydrogen) atoms. The van der Waals surface area contributed by atoms with Crippen molar-refractivity contribution in [3.05, 3.63) is 35.5 Å². The average Bonchev–Trinajstić information content (AvgIpc) is 2.79. The number of hydrogen-bond acceptors (Lipinski definition) is 6. The Labute approximate surface area is 193 Å². The SMILES string of the molecule is CCNC(=O)Nc1ccc(-c2nc(N3CCOCC3)c3c(n2)C(C)(C)N(C(=O)O)CC3)cc1. The minimum atomic E-state index is -0.959. The number of anilines is 2. The highest BCUT2D eigenvalue weighted by Gasteiger charge is 2.41. The second-order valence-corrected chi connectivity index (χ2v) is 8.60. The van der Waals surface area contributed by atoms with Gasteiger partial charge in [-0.1, -0.05) is 0 Å². The largest absolute Gasteiger partial charge is 0.465 e. The van der Waals surface area contributed by atoms with Gasteiger partial charge >= 0.3 is 12.1 Å². The molecule has 0 bridgehead atoms. The van der Waals surface area contributed by atoms with Gasteiger partial charge in [-0.3, -0.25) is 4.90 Å². The first-order valence-electron chi connectivity index (χ1n) is 11.2. The molecule has 10 nitrogen and oxygen atoms in total. The number of nitrogens with zero attached hydrogens (tertiary/aromatic N) is 4. The lowest BCUT2D eigenvalue weighted by molar-refractivity contribution is 0.0824. The zero-order chi connectivity index (χ0) is 23.6. The molecule has 4 rings (SSSR count). The van der Waals surface area contributed by atoms with Gasteiger partial charge in [-0.15, -0.1) is 0 Å². The Morgan fingerprint density at radius 3 is 2.45 bits per heavy atom. The lowest BCUT2D eigenvalue weighted by atomic mass is 9.87. The number of aromatic nitrogens is 2. The summed E-state index contributed by atoms with van der Waals surface area (Å²) in [4.78, 5) is 37.1. The molecule has 3 heterocycles. The molecule has 3 N–H and O–H groups in total. The van der Waals surface area contributed by atoms with Crippen LogP contribution in [0.5, 0.6) is 0 Å². The number of amides is 3. The number of hydrogen-bond donors (Lipinski definition) is 3. The highest BCUT2D eigenvalue weighted by Crippen LogP contribution is 2.39. The van der Waals surface area contributed by atoms with Crippen LogP contribution in [0.25, 0.3) is 11.4 Å². The minimum Gasteiger partial charge on any atom is -0.465 e. The Hall–Kier alpha value is -3.40. The summed E-state index contributed by atoms with van der Waals surface area (Å²) in [5.74, 6) is 1.38. The molecule has 0 saturated carbocycles. The van der Waals surface area contributed by atoms with Crippen LogP contribution < -0.4 is 15.5 Å². The van der Waals surface area contributed by atoms with E-state index in [0.29, 0.717) is 44.2 Å². The molecule has 1 aromatic heterocycles. The molecule has 2 aliphatic rings. The fraction of sp³-hybridized carbons (Fsp3) is 0.478. The lowest BCUT2D eigenvalue weighted by Gasteiger charge is -2.42. The number of rotatable bonds is 4. The van der Waals surface area contributed by atoms with Gasteiger partial charge in [0.1, 0.15) is 5.82 Å². The summed E-state index contributed by atoms with van der Waals surface area (Å²) in [6.45, 7) is 9.27. The molecular weight excluding hydrogens is 424 g/mol. The van der Waals surface area contributed by atoms with Crippen LogP contribution in [-0.2, 0) is 16.7 Å². The number of morpholine rings is 1. The van der Waals surface area contributed by atoms with Gasteiger partial charge in [-0.2, -0.15) is 0 Å². The molecule has 2 aromatic rings. The van der Waals surface area contributed by atoms with E-state index < -0.39 is 11.6 Å². The van der Waals surface area contributed by atoms with Crippen molar-refractivity contribution in [2.45, 2.75) is 32.7 Å². The zero-order valence-electron chi connectivity index (χ0n) is 19.2. The molecule has 1 aromatic carbocycles. The summed E-state index contributed by atoms with van der Waals surface area (Å²) in [7, 11) is 0. The van der Waals surface area contributed by atoms with E-state index in [2.05, 4.69) is 15.5 Å². The van der Waals surface area contributed by atoms with E-state index in [-0.39, 0.29) is 6.03 Å². The van der Waals surface area contributed by atoms with Crippen LogP contribution in [0.4, 0.5) is 21.1 Å². The van der Waals surface area contributed by atoms with E-state index >= 15 is 0 Å². The Balaban J connectivity index is 1.75. The average molecular weight is 455 g/mol. The third-order valence-electron chi connectivity index (χ3n) is 6.10. The Bertz CT molecular complexity index is 1030. The van der Waals surface area contributed by atoms with Gasteiger partial charge in [0.25, 0.3) is 0 Å². The van der Waals surface area contributed by atoms with Crippen molar-refractivity contribution in [1.29, 1.82) is 0 Å². The molecule has 0 unspecified atom stereocenters. The summed E-state index contributed by atoms with van der Waals surface area (Å²) < 4.78 is 5.52. The number of urea groups is 1. The smallest absolute Gasteiger partial charge is 0.408 e. The molecule has 176 valence electrons. The summed E-state index contributed by atoms with van der Waals surface area (Å²) in [6.07, 6.45) is -0.396. The van der Waals surface area contributed by atoms with Crippen LogP contribution in [0.1, 0.15) is 32.0 Å². The van der Waals surface area contributed by atoms with Crippen LogP contribution in [-0.4, -0.2) is 71.5 Å². The van der Waals surface area contributed by atoms with E-state index in [9.17, 15) is 14.7 Å². The highest BCUT2D eigenvalue weighted by molar-refractivity contribution is 5.89. The van der Waals surface area contributed by atoms with Gasteiger partial charge in [-0.25, -0.2) is 19.6 Å². The lowest BCUT2D eigenvalue weighted by Crippen LogP contribution is -2.51. The highest BCUT2D eigenvalue weighted by atomic mass is 16.5. The predicted molar refractivity (Wildman–Crippen MR) is 125 cm³/mol. The summed E-state index contributed by atoms with van der Waals surface area (Å²) in [5, 5.41) is 15.2. The number of ether oxygens (including phenoxy) is 1. The Morgan fingerprint density at radius 2 is 1.82 bits per heavy atom. The second kappa shape index (κ2) is 9.22. The summed E-state index contributed by atoms with van der Waals surface area (Å²) in [5.41, 5.74) is 2.38. The van der Waals surface area contributed by atoms with Gasteiger partial charge in [-0.05, 0) is 51.5 Å². The van der Waals surface area contributed by atoms with Crippen LogP contribution in [0, 0.1) is 0 Å². The summed E-state index contributed by atoms with van der Waals surface area (Å²) >= 11 is 0. The first kappa shape index (κ1) is 22.8. The predicted octanol–water partition coefficient (Wildman–Crippen LogP) is 2.89. The molecule has 0 radical (unpaired) electrons. The number of carbonyl (C=O) groups excluding carboxylic acids is 1. The normalized spacial score (nSPS) is 17.3. The fourth-order valence-electron chi connectivity index (χ4n) is 4.38. The third-order valence-corrected chi connectivity index (χ3v) is 6.10. The molecule has 0 spiro atoms. The van der Waals surface area contributed by atoms with Crippen LogP contribution in [0.3, 0.4) is 0 Å². The van der Waals surface area contributed by atoms with Crippen LogP contribution >= 0.6 is 0 Å². The molecule has 2 aliphatic heterocycles. The van der Waals surface area contributed by atoms with Crippen molar-refractivity contribution in [1.82, 2.24) is 20.2 Å². The van der Waals surface area contributed by atoms with Gasteiger partial charge in [0.2, 0.25) is 0 Å². The van der Waals surface area contributed by atoms with Crippen LogP contribution in [0.2, 0.25) is 0 Å².